The summed E-state index contributed by atoms with van der Waals surface area (Å²) in [5, 5.41) is 4.02. The van der Waals surface area contributed by atoms with Gasteiger partial charge in [-0.1, -0.05) is 0 Å². The minimum Gasteiger partial charge on any atom is -0.478 e. The predicted molar refractivity (Wildman–Crippen MR) is 49.4 cm³/mol. The summed E-state index contributed by atoms with van der Waals surface area (Å²) in [6.07, 6.45) is 3.93. The Balaban J connectivity index is 1.77. The lowest BCUT2D eigenvalue weighted by atomic mass is 9.82. The molecule has 72 valence electrons. The monoisotopic (exact) mass is 181 g/mol. The summed E-state index contributed by atoms with van der Waals surface area (Å²) in [6, 6.07) is 2.28. The number of aromatic nitrogens is 2. The molecule has 2 rings (SSSR count). The molecule has 1 aromatic rings. The van der Waals surface area contributed by atoms with Gasteiger partial charge in [0.1, 0.15) is 0 Å². The third-order valence-corrected chi connectivity index (χ3v) is 2.52. The molecule has 13 heavy (non-hydrogen) atoms. The molecule has 0 spiro atoms. The van der Waals surface area contributed by atoms with E-state index in [1.165, 1.54) is 0 Å². The van der Waals surface area contributed by atoms with Crippen molar-refractivity contribution in [3.8, 4) is 5.88 Å². The van der Waals surface area contributed by atoms with Gasteiger partial charge in [-0.3, -0.25) is 0 Å². The van der Waals surface area contributed by atoms with Crippen molar-refractivity contribution in [2.75, 3.05) is 6.61 Å². The quantitative estimate of drug-likeness (QED) is 0.740. The van der Waals surface area contributed by atoms with E-state index in [1.807, 2.05) is 13.1 Å². The lowest BCUT2D eigenvalue weighted by Crippen LogP contribution is -2.39. The van der Waals surface area contributed by atoms with Crippen molar-refractivity contribution in [2.45, 2.75) is 18.9 Å². The van der Waals surface area contributed by atoms with Crippen molar-refractivity contribution in [2.24, 2.45) is 18.7 Å². The van der Waals surface area contributed by atoms with Crippen LogP contribution in [-0.2, 0) is 7.05 Å². The highest BCUT2D eigenvalue weighted by atomic mass is 16.5. The van der Waals surface area contributed by atoms with Crippen molar-refractivity contribution in [1.29, 1.82) is 0 Å². The lowest BCUT2D eigenvalue weighted by Gasteiger charge is -2.31. The molecule has 1 fully saturated rings. The Morgan fingerprint density at radius 3 is 3.00 bits per heavy atom. The Bertz CT molecular complexity index is 278. The Morgan fingerprint density at radius 2 is 2.46 bits per heavy atom. The van der Waals surface area contributed by atoms with E-state index in [-0.39, 0.29) is 0 Å². The van der Waals surface area contributed by atoms with Crippen LogP contribution in [0.25, 0.3) is 0 Å². The van der Waals surface area contributed by atoms with Crippen LogP contribution in [0.2, 0.25) is 0 Å². The third kappa shape index (κ3) is 1.83. The standard InChI is InChI=1S/C9H15N3O/c1-12-9(2-3-11-12)13-6-7-4-8(10)5-7/h2-3,7-8H,4-6,10H2,1H3/t7-,8+. The van der Waals surface area contributed by atoms with E-state index in [0.29, 0.717) is 12.0 Å². The van der Waals surface area contributed by atoms with Crippen LogP contribution < -0.4 is 10.5 Å². The Hall–Kier alpha value is -1.03. The van der Waals surface area contributed by atoms with Crippen LogP contribution in [-0.4, -0.2) is 22.4 Å². The van der Waals surface area contributed by atoms with Crippen LogP contribution in [0.1, 0.15) is 12.8 Å². The van der Waals surface area contributed by atoms with Crippen LogP contribution in [0.3, 0.4) is 0 Å². The predicted octanol–water partition coefficient (Wildman–Crippen LogP) is 0.536. The average molecular weight is 181 g/mol. The van der Waals surface area contributed by atoms with Crippen LogP contribution in [0, 0.1) is 5.92 Å². The van der Waals surface area contributed by atoms with Gasteiger partial charge in [0, 0.05) is 19.2 Å². The van der Waals surface area contributed by atoms with Gasteiger partial charge in [-0.25, -0.2) is 4.68 Å². The first kappa shape index (κ1) is 8.56. The highest BCUT2D eigenvalue weighted by Crippen LogP contribution is 2.26. The molecular weight excluding hydrogens is 166 g/mol. The van der Waals surface area contributed by atoms with Crippen LogP contribution in [0.15, 0.2) is 12.3 Å². The second-order valence-electron chi connectivity index (χ2n) is 3.70. The van der Waals surface area contributed by atoms with E-state index in [9.17, 15) is 0 Å². The summed E-state index contributed by atoms with van der Waals surface area (Å²) in [5.41, 5.74) is 5.67. The normalized spacial score (nSPS) is 26.9. The molecule has 0 aromatic carbocycles. The zero-order valence-electron chi connectivity index (χ0n) is 7.81. The molecule has 0 aliphatic heterocycles. The molecule has 0 saturated heterocycles. The summed E-state index contributed by atoms with van der Waals surface area (Å²) in [7, 11) is 1.88. The fourth-order valence-electron chi connectivity index (χ4n) is 1.63. The molecule has 1 aliphatic rings. The summed E-state index contributed by atoms with van der Waals surface area (Å²) in [4.78, 5) is 0. The summed E-state index contributed by atoms with van der Waals surface area (Å²) in [5.74, 6) is 1.48. The number of ether oxygens (including phenoxy) is 1. The van der Waals surface area contributed by atoms with Crippen molar-refractivity contribution in [3.05, 3.63) is 12.3 Å². The van der Waals surface area contributed by atoms with Crippen molar-refractivity contribution < 1.29 is 4.74 Å². The van der Waals surface area contributed by atoms with Gasteiger partial charge < -0.3 is 10.5 Å². The maximum Gasteiger partial charge on any atom is 0.211 e. The van der Waals surface area contributed by atoms with Gasteiger partial charge in [-0.05, 0) is 18.8 Å². The number of hydrogen-bond acceptors (Lipinski definition) is 3. The second-order valence-corrected chi connectivity index (χ2v) is 3.70. The van der Waals surface area contributed by atoms with Crippen molar-refractivity contribution in [3.63, 3.8) is 0 Å². The molecular formula is C9H15N3O. The molecule has 0 bridgehead atoms. The first-order valence-corrected chi connectivity index (χ1v) is 4.62. The minimum absolute atomic E-state index is 0.403. The average Bonchev–Trinajstić information content (AvgIpc) is 2.43. The number of nitrogens with two attached hydrogens (primary N) is 1. The number of rotatable bonds is 3. The highest BCUT2D eigenvalue weighted by molar-refractivity contribution is 5.06. The van der Waals surface area contributed by atoms with E-state index < -0.39 is 0 Å². The van der Waals surface area contributed by atoms with E-state index in [1.54, 1.807) is 10.9 Å². The first-order chi connectivity index (χ1) is 6.25. The molecule has 2 N–H and O–H groups in total. The van der Waals surface area contributed by atoms with E-state index in [2.05, 4.69) is 5.10 Å². The Morgan fingerprint density at radius 1 is 1.69 bits per heavy atom. The summed E-state index contributed by atoms with van der Waals surface area (Å²) < 4.78 is 7.31. The summed E-state index contributed by atoms with van der Waals surface area (Å²) >= 11 is 0. The SMILES string of the molecule is Cn1nccc1OC[C@H]1C[C@@H](N)C1. The number of nitrogens with zero attached hydrogens (tertiary/aromatic N) is 2. The van der Waals surface area contributed by atoms with E-state index in [0.717, 1.165) is 25.3 Å². The molecule has 1 heterocycles. The van der Waals surface area contributed by atoms with Gasteiger partial charge in [-0.15, -0.1) is 0 Å². The largest absolute Gasteiger partial charge is 0.478 e. The van der Waals surface area contributed by atoms with Crippen molar-refractivity contribution >= 4 is 0 Å². The Kier molecular flexibility index (Phi) is 2.22. The lowest BCUT2D eigenvalue weighted by molar-refractivity contribution is 0.151. The van der Waals surface area contributed by atoms with E-state index >= 15 is 0 Å². The summed E-state index contributed by atoms with van der Waals surface area (Å²) in [6.45, 7) is 0.771. The smallest absolute Gasteiger partial charge is 0.211 e. The van der Waals surface area contributed by atoms with Gasteiger partial charge in [0.2, 0.25) is 5.88 Å². The Labute approximate surface area is 77.7 Å². The molecule has 0 amide bonds. The third-order valence-electron chi connectivity index (χ3n) is 2.52. The van der Waals surface area contributed by atoms with E-state index in [4.69, 9.17) is 10.5 Å². The van der Waals surface area contributed by atoms with Gasteiger partial charge in [0.15, 0.2) is 0 Å². The maximum absolute atomic E-state index is 5.67. The molecule has 1 saturated carbocycles. The van der Waals surface area contributed by atoms with Crippen LogP contribution in [0.4, 0.5) is 0 Å². The molecule has 4 heteroatoms. The highest BCUT2D eigenvalue weighted by Gasteiger charge is 2.26. The van der Waals surface area contributed by atoms with Gasteiger partial charge in [0.05, 0.1) is 12.8 Å². The fraction of sp³-hybridized carbons (Fsp3) is 0.667. The molecule has 0 atom stereocenters. The molecule has 1 aromatic heterocycles. The fourth-order valence-corrected chi connectivity index (χ4v) is 1.63. The maximum atomic E-state index is 5.67. The molecule has 0 radical (unpaired) electrons. The zero-order chi connectivity index (χ0) is 9.26. The number of hydrogen-bond donors (Lipinski definition) is 1. The van der Waals surface area contributed by atoms with Crippen LogP contribution >= 0.6 is 0 Å². The second kappa shape index (κ2) is 3.38. The minimum atomic E-state index is 0.403. The van der Waals surface area contributed by atoms with Crippen LogP contribution in [0.5, 0.6) is 5.88 Å². The zero-order valence-corrected chi connectivity index (χ0v) is 7.81. The number of aryl methyl sites for hydroxylation is 1. The molecule has 4 nitrogen and oxygen atoms in total. The first-order valence-electron chi connectivity index (χ1n) is 4.62. The topological polar surface area (TPSA) is 53.1 Å². The molecule has 0 unspecified atom stereocenters. The molecule has 1 aliphatic carbocycles. The van der Waals surface area contributed by atoms with Gasteiger partial charge >= 0.3 is 0 Å². The van der Waals surface area contributed by atoms with Gasteiger partial charge in [0.25, 0.3) is 0 Å². The van der Waals surface area contributed by atoms with Crippen molar-refractivity contribution in [1.82, 2.24) is 9.78 Å². The van der Waals surface area contributed by atoms with Gasteiger partial charge in [-0.2, -0.15) is 5.10 Å².